The lowest BCUT2D eigenvalue weighted by Crippen LogP contribution is -2.67. The topological polar surface area (TPSA) is 118 Å². The second-order valence-electron chi connectivity index (χ2n) is 8.72. The van der Waals surface area contributed by atoms with Crippen LogP contribution in [0.3, 0.4) is 0 Å². The molecule has 0 aromatic carbocycles. The molecule has 1 aliphatic rings. The number of hydrogen-bond donors (Lipinski definition) is 2. The van der Waals surface area contributed by atoms with Gasteiger partial charge in [-0.1, -0.05) is 32.3 Å². The Labute approximate surface area is 193 Å². The molecule has 0 spiro atoms. The first-order chi connectivity index (χ1) is 15.4. The molecule has 0 amide bonds. The fourth-order valence-electron chi connectivity index (χ4n) is 3.85. The molecule has 32 heavy (non-hydrogen) atoms. The van der Waals surface area contributed by atoms with E-state index in [1.54, 1.807) is 12.5 Å². The number of carbonyl (C=O) groups excluding carboxylic acids is 1. The van der Waals surface area contributed by atoms with Gasteiger partial charge in [0.1, 0.15) is 12.2 Å². The van der Waals surface area contributed by atoms with Crippen molar-refractivity contribution in [1.29, 1.82) is 0 Å². The van der Waals surface area contributed by atoms with Gasteiger partial charge in [-0.25, -0.2) is 9.78 Å². The van der Waals surface area contributed by atoms with E-state index < -0.39 is 6.04 Å². The van der Waals surface area contributed by atoms with Gasteiger partial charge >= 0.3 is 5.97 Å². The van der Waals surface area contributed by atoms with E-state index in [-0.39, 0.29) is 12.2 Å². The van der Waals surface area contributed by atoms with Crippen LogP contribution < -0.4 is 10.5 Å². The standard InChI is InChI=1S/C22H35N6O3S/c1-4-5-6-7-11-30-21-20(26-32-27-21)17-9-8-10-28(3,14-17)16(2)31-22(29)19(23)12-18-13-24-15-25-18/h9,13,15-16,19H,4-8,10-12,14,23H2,1-3H3,(H,24,25)/q+1/p+1/t16-,19-,28?/m0/s1. The molecule has 0 radical (unpaired) electrons. The zero-order valence-corrected chi connectivity index (χ0v) is 20.2. The van der Waals surface area contributed by atoms with Crippen molar-refractivity contribution in [3.05, 3.63) is 30.0 Å². The van der Waals surface area contributed by atoms with E-state index in [0.29, 0.717) is 29.9 Å². The molecule has 2 aromatic heterocycles. The quantitative estimate of drug-likeness (QED) is 0.282. The molecule has 3 atom stereocenters. The Morgan fingerprint density at radius 3 is 2.94 bits per heavy atom. The highest BCUT2D eigenvalue weighted by Crippen LogP contribution is 2.31. The van der Waals surface area contributed by atoms with Crippen LogP contribution in [0.5, 0.6) is 5.88 Å². The van der Waals surface area contributed by atoms with Gasteiger partial charge in [-0.15, -0.1) is 4.37 Å². The van der Waals surface area contributed by atoms with Crippen molar-refractivity contribution >= 4 is 23.3 Å². The Morgan fingerprint density at radius 1 is 1.34 bits per heavy atom. The largest absolute Gasteiger partial charge is 0.475 e. The number of hydrogen-bond acceptors (Lipinski definition) is 7. The molecule has 1 aliphatic heterocycles. The molecule has 9 nitrogen and oxygen atoms in total. The number of rotatable bonds is 12. The van der Waals surface area contributed by atoms with E-state index in [9.17, 15) is 4.79 Å². The monoisotopic (exact) mass is 464 g/mol. The van der Waals surface area contributed by atoms with E-state index in [0.717, 1.165) is 42.8 Å². The number of nitrogens with one attached hydrogen (secondary N) is 1. The smallest absolute Gasteiger partial charge is 0.369 e. The molecule has 0 saturated heterocycles. The number of aromatic nitrogens is 4. The first-order valence-electron chi connectivity index (χ1n) is 11.4. The van der Waals surface area contributed by atoms with E-state index in [1.165, 1.54) is 24.6 Å². The first-order valence-corrected chi connectivity index (χ1v) is 12.2. The van der Waals surface area contributed by atoms with Crippen molar-refractivity contribution < 1.29 is 24.5 Å². The summed E-state index contributed by atoms with van der Waals surface area (Å²) >= 11 is 1.18. The summed E-state index contributed by atoms with van der Waals surface area (Å²) < 4.78 is 21.2. The Bertz CT molecular complexity index is 884. The van der Waals surface area contributed by atoms with Gasteiger partial charge < -0.3 is 20.2 Å². The van der Waals surface area contributed by atoms with Crippen LogP contribution >= 0.6 is 11.7 Å². The molecule has 0 aliphatic carbocycles. The third-order valence-corrected chi connectivity index (χ3v) is 6.59. The summed E-state index contributed by atoms with van der Waals surface area (Å²) in [6.07, 6.45) is 11.2. The minimum atomic E-state index is -0.486. The molecule has 4 N–H and O–H groups in total. The summed E-state index contributed by atoms with van der Waals surface area (Å²) in [7, 11) is 2.11. The molecular weight excluding hydrogens is 428 g/mol. The summed E-state index contributed by atoms with van der Waals surface area (Å²) in [6.45, 7) is 6.39. The molecule has 10 heteroatoms. The number of nitrogens with zero attached hydrogens (tertiary/aromatic N) is 4. The second kappa shape index (κ2) is 11.5. The van der Waals surface area contributed by atoms with E-state index >= 15 is 0 Å². The van der Waals surface area contributed by atoms with E-state index in [1.807, 2.05) is 6.92 Å². The number of imidazole rings is 1. The maximum absolute atomic E-state index is 12.6. The van der Waals surface area contributed by atoms with Crippen molar-refractivity contribution in [3.63, 3.8) is 0 Å². The second-order valence-corrected chi connectivity index (χ2v) is 9.25. The van der Waals surface area contributed by atoms with Gasteiger partial charge in [0.05, 0.1) is 44.7 Å². The van der Waals surface area contributed by atoms with Crippen molar-refractivity contribution in [1.82, 2.24) is 18.7 Å². The van der Waals surface area contributed by atoms with Crippen LogP contribution in [0.2, 0.25) is 0 Å². The highest BCUT2D eigenvalue weighted by molar-refractivity contribution is 6.99. The molecule has 0 fully saturated rings. The normalized spacial score (nSPS) is 20.4. The molecule has 3 heterocycles. The van der Waals surface area contributed by atoms with Crippen molar-refractivity contribution in [2.75, 3.05) is 26.7 Å². The predicted molar refractivity (Wildman–Crippen MR) is 123 cm³/mol. The molecule has 1 unspecified atom stereocenters. The fraction of sp³-hybridized carbons (Fsp3) is 0.636. The molecule has 0 saturated carbocycles. The van der Waals surface area contributed by atoms with Gasteiger partial charge in [-0.05, 0) is 6.42 Å². The number of esters is 1. The van der Waals surface area contributed by atoms with Gasteiger partial charge in [0.2, 0.25) is 6.23 Å². The summed E-state index contributed by atoms with van der Waals surface area (Å²) in [4.78, 5) is 19.6. The van der Waals surface area contributed by atoms with Gasteiger partial charge in [-0.3, -0.25) is 4.48 Å². The Hall–Kier alpha value is -2.30. The van der Waals surface area contributed by atoms with Gasteiger partial charge in [-0.2, -0.15) is 4.37 Å². The highest BCUT2D eigenvalue weighted by atomic mass is 32.1. The third-order valence-electron chi connectivity index (χ3n) is 6.08. The number of H-pyrrole nitrogens is 1. The third kappa shape index (κ3) is 6.36. The lowest BCUT2D eigenvalue weighted by molar-refractivity contribution is -0.944. The molecule has 0 bridgehead atoms. The highest BCUT2D eigenvalue weighted by Gasteiger charge is 2.38. The van der Waals surface area contributed by atoms with Crippen LogP contribution in [0.4, 0.5) is 0 Å². The maximum atomic E-state index is 12.6. The molecule has 2 aromatic rings. The predicted octanol–water partition coefficient (Wildman–Crippen LogP) is 2.20. The summed E-state index contributed by atoms with van der Waals surface area (Å²) in [6, 6.07) is -0.486. The van der Waals surface area contributed by atoms with E-state index in [2.05, 4.69) is 44.5 Å². The number of aromatic amines is 1. The summed E-state index contributed by atoms with van der Waals surface area (Å²) in [5.74, 6) is 0.321. The van der Waals surface area contributed by atoms with Crippen molar-refractivity contribution in [2.45, 2.75) is 64.6 Å². The number of likely N-dealkylation sites (N-methyl/N-ethyl adjacent to an activating group) is 1. The van der Waals surface area contributed by atoms with Crippen molar-refractivity contribution in [2.24, 2.45) is 0 Å². The van der Waals surface area contributed by atoms with Crippen LogP contribution in [0.15, 0.2) is 18.6 Å². The van der Waals surface area contributed by atoms with Crippen LogP contribution in [-0.2, 0) is 16.0 Å². The van der Waals surface area contributed by atoms with Crippen LogP contribution in [0, 0.1) is 0 Å². The first kappa shape index (κ1) is 24.3. The lowest BCUT2D eigenvalue weighted by Gasteiger charge is -2.41. The minimum absolute atomic E-state index is 0.297. The van der Waals surface area contributed by atoms with Gasteiger partial charge in [0.25, 0.3) is 5.88 Å². The molecular formula is C22H36N6O3S+2. The van der Waals surface area contributed by atoms with Crippen molar-refractivity contribution in [3.8, 4) is 5.88 Å². The van der Waals surface area contributed by atoms with Gasteiger partial charge in [0, 0.05) is 30.8 Å². The van der Waals surface area contributed by atoms with Crippen LogP contribution in [0.1, 0.15) is 57.3 Å². The van der Waals surface area contributed by atoms with Crippen LogP contribution in [0.25, 0.3) is 5.57 Å². The Morgan fingerprint density at radius 2 is 2.19 bits per heavy atom. The number of unbranched alkanes of at least 4 members (excludes halogenated alkanes) is 3. The summed E-state index contributed by atoms with van der Waals surface area (Å²) in [5, 5.41) is 0. The maximum Gasteiger partial charge on any atom is 0.369 e. The summed E-state index contributed by atoms with van der Waals surface area (Å²) in [5.41, 5.74) is 6.77. The lowest BCUT2D eigenvalue weighted by atomic mass is 10.0. The number of quaternary nitrogens is 2. The number of carbonyl (C=O) groups is 1. The van der Waals surface area contributed by atoms with Crippen LogP contribution in [-0.4, -0.2) is 68.2 Å². The fourth-order valence-corrected chi connectivity index (χ4v) is 4.39. The zero-order valence-electron chi connectivity index (χ0n) is 19.4. The Kier molecular flexibility index (Phi) is 8.77. The molecule has 3 rings (SSSR count). The molecule has 176 valence electrons. The minimum Gasteiger partial charge on any atom is -0.475 e. The zero-order chi connectivity index (χ0) is 23.0. The Balaban J connectivity index is 1.57. The van der Waals surface area contributed by atoms with E-state index in [4.69, 9.17) is 9.47 Å². The number of ether oxygens (including phenoxy) is 2. The average molecular weight is 465 g/mol. The van der Waals surface area contributed by atoms with Gasteiger partial charge in [0.15, 0.2) is 6.04 Å². The average Bonchev–Trinajstić information content (AvgIpc) is 3.45. The SMILES string of the molecule is CCCCCCOc1nsnc1C1=CCC[N+](C)([C@H](C)OC(=O)[C@@H]([NH3+])Cc2cnc[nH]2)C1.